The molecule has 0 saturated carbocycles. The standard InChI is InChI=1S/C16H18ClN5O3/c1-20-6-8-21(9-7-20)18-10-13-14(23)19-16(25)22(15(13)24)12-4-2-11(17)3-5-12/h2-5,10,24H,6-9H2,1H3,(H,19,23,25)/p+1/b18-10+. The van der Waals surface area contributed by atoms with Crippen LogP contribution in [0.15, 0.2) is 39.0 Å². The summed E-state index contributed by atoms with van der Waals surface area (Å²) >= 11 is 5.85. The first-order valence-electron chi connectivity index (χ1n) is 7.90. The van der Waals surface area contributed by atoms with E-state index in [0.717, 1.165) is 30.7 Å². The smallest absolute Gasteiger partial charge is 0.335 e. The molecule has 0 unspecified atom stereocenters. The molecule has 3 N–H and O–H groups in total. The third-order valence-corrected chi connectivity index (χ3v) is 4.40. The van der Waals surface area contributed by atoms with Crippen LogP contribution in [0.5, 0.6) is 5.88 Å². The van der Waals surface area contributed by atoms with Gasteiger partial charge in [-0.25, -0.2) is 9.36 Å². The number of quaternary nitrogens is 1. The monoisotopic (exact) mass is 364 g/mol. The summed E-state index contributed by atoms with van der Waals surface area (Å²) < 4.78 is 1.01. The van der Waals surface area contributed by atoms with Crippen molar-refractivity contribution < 1.29 is 10.0 Å². The Morgan fingerprint density at radius 3 is 2.52 bits per heavy atom. The number of rotatable bonds is 3. The maximum absolute atomic E-state index is 12.1. The molecule has 1 fully saturated rings. The quantitative estimate of drug-likeness (QED) is 0.612. The predicted molar refractivity (Wildman–Crippen MR) is 95.1 cm³/mol. The number of benzene rings is 1. The summed E-state index contributed by atoms with van der Waals surface area (Å²) in [6.07, 6.45) is 1.29. The highest BCUT2D eigenvalue weighted by molar-refractivity contribution is 6.30. The molecule has 0 atom stereocenters. The Hall–Kier alpha value is -2.58. The number of halogens is 1. The first kappa shape index (κ1) is 17.2. The van der Waals surface area contributed by atoms with Crippen LogP contribution in [0.3, 0.4) is 0 Å². The van der Waals surface area contributed by atoms with E-state index in [9.17, 15) is 14.7 Å². The molecule has 0 bridgehead atoms. The van der Waals surface area contributed by atoms with E-state index in [1.54, 1.807) is 24.3 Å². The van der Waals surface area contributed by atoms with Gasteiger partial charge in [0.25, 0.3) is 5.56 Å². The Morgan fingerprint density at radius 2 is 1.88 bits per heavy atom. The van der Waals surface area contributed by atoms with Gasteiger partial charge in [-0.1, -0.05) is 11.6 Å². The van der Waals surface area contributed by atoms with Crippen molar-refractivity contribution >= 4 is 17.8 Å². The van der Waals surface area contributed by atoms with Gasteiger partial charge >= 0.3 is 5.69 Å². The fourth-order valence-electron chi connectivity index (χ4n) is 2.62. The highest BCUT2D eigenvalue weighted by atomic mass is 35.5. The van der Waals surface area contributed by atoms with E-state index in [-0.39, 0.29) is 5.56 Å². The van der Waals surface area contributed by atoms with Gasteiger partial charge in [-0.3, -0.25) is 14.8 Å². The van der Waals surface area contributed by atoms with Crippen molar-refractivity contribution in [2.45, 2.75) is 0 Å². The SMILES string of the molecule is C[NH+]1CCN(/N=C/c2c(O)n(-c3ccc(Cl)cc3)c(=O)[nH]c2=O)CC1. The number of hydrogen-bond acceptors (Lipinski definition) is 5. The maximum atomic E-state index is 12.1. The van der Waals surface area contributed by atoms with Crippen molar-refractivity contribution in [2.24, 2.45) is 5.10 Å². The minimum Gasteiger partial charge on any atom is -0.493 e. The summed E-state index contributed by atoms with van der Waals surface area (Å²) in [5.41, 5.74) is -1.09. The van der Waals surface area contributed by atoms with Crippen LogP contribution in [0.25, 0.3) is 5.69 Å². The van der Waals surface area contributed by atoms with E-state index in [2.05, 4.69) is 17.1 Å². The average Bonchev–Trinajstić information content (AvgIpc) is 2.57. The number of H-pyrrole nitrogens is 1. The summed E-state index contributed by atoms with van der Waals surface area (Å²) in [5, 5.41) is 17.0. The zero-order chi connectivity index (χ0) is 18.0. The van der Waals surface area contributed by atoms with E-state index < -0.39 is 17.1 Å². The number of nitrogens with zero attached hydrogens (tertiary/aromatic N) is 3. The number of hydrazone groups is 1. The molecule has 25 heavy (non-hydrogen) atoms. The molecule has 1 aliphatic heterocycles. The number of likely N-dealkylation sites (N-methyl/N-ethyl adjacent to an activating group) is 1. The van der Waals surface area contributed by atoms with E-state index >= 15 is 0 Å². The van der Waals surface area contributed by atoms with Crippen LogP contribution >= 0.6 is 11.6 Å². The third-order valence-electron chi connectivity index (χ3n) is 4.15. The average molecular weight is 365 g/mol. The topological polar surface area (TPSA) is 95.1 Å². The fourth-order valence-corrected chi connectivity index (χ4v) is 2.74. The lowest BCUT2D eigenvalue weighted by Crippen LogP contribution is -3.11. The molecular formula is C16H19ClN5O3+. The van der Waals surface area contributed by atoms with E-state index in [1.807, 2.05) is 5.01 Å². The van der Waals surface area contributed by atoms with Gasteiger partial charge < -0.3 is 10.0 Å². The lowest BCUT2D eigenvalue weighted by atomic mass is 10.3. The first-order chi connectivity index (χ1) is 12.0. The number of aromatic amines is 1. The first-order valence-corrected chi connectivity index (χ1v) is 8.28. The highest BCUT2D eigenvalue weighted by Crippen LogP contribution is 2.17. The number of aromatic hydroxyl groups is 1. The largest absolute Gasteiger partial charge is 0.493 e. The van der Waals surface area contributed by atoms with Crippen molar-refractivity contribution in [1.29, 1.82) is 0 Å². The molecule has 0 spiro atoms. The Labute approximate surface area is 148 Å². The molecule has 1 saturated heterocycles. The Balaban J connectivity index is 1.97. The third kappa shape index (κ3) is 3.75. The van der Waals surface area contributed by atoms with Crippen LogP contribution in [0.2, 0.25) is 5.02 Å². The van der Waals surface area contributed by atoms with Gasteiger partial charge in [0, 0.05) is 5.02 Å². The number of nitrogens with one attached hydrogen (secondary N) is 2. The molecular weight excluding hydrogens is 346 g/mol. The minimum atomic E-state index is -0.731. The van der Waals surface area contributed by atoms with Crippen LogP contribution in [-0.4, -0.2) is 59.1 Å². The van der Waals surface area contributed by atoms with Gasteiger partial charge in [0.2, 0.25) is 5.88 Å². The number of piperazine rings is 1. The van der Waals surface area contributed by atoms with Gasteiger partial charge in [0.15, 0.2) is 0 Å². The summed E-state index contributed by atoms with van der Waals surface area (Å²) in [6.45, 7) is 3.42. The zero-order valence-electron chi connectivity index (χ0n) is 13.7. The van der Waals surface area contributed by atoms with Crippen LogP contribution < -0.4 is 16.1 Å². The molecule has 2 heterocycles. The van der Waals surface area contributed by atoms with Crippen molar-refractivity contribution in [1.82, 2.24) is 14.6 Å². The van der Waals surface area contributed by atoms with Gasteiger partial charge in [0.1, 0.15) is 5.56 Å². The molecule has 0 radical (unpaired) electrons. The van der Waals surface area contributed by atoms with Crippen LogP contribution in [0.4, 0.5) is 0 Å². The molecule has 8 nitrogen and oxygen atoms in total. The molecule has 1 aromatic heterocycles. The lowest BCUT2D eigenvalue weighted by Gasteiger charge is -2.27. The second kappa shape index (κ2) is 7.12. The Kier molecular flexibility index (Phi) is 4.91. The van der Waals surface area contributed by atoms with E-state index in [4.69, 9.17) is 11.6 Å². The van der Waals surface area contributed by atoms with Gasteiger partial charge in [0.05, 0.1) is 45.1 Å². The fraction of sp³-hybridized carbons (Fsp3) is 0.312. The normalized spacial score (nSPS) is 15.8. The number of aromatic nitrogens is 2. The second-order valence-corrected chi connectivity index (χ2v) is 6.40. The van der Waals surface area contributed by atoms with Crippen LogP contribution in [-0.2, 0) is 0 Å². The van der Waals surface area contributed by atoms with Gasteiger partial charge in [-0.2, -0.15) is 5.10 Å². The van der Waals surface area contributed by atoms with E-state index in [0.29, 0.717) is 10.7 Å². The Bertz CT molecular complexity index is 895. The summed E-state index contributed by atoms with van der Waals surface area (Å²) in [7, 11) is 2.11. The molecule has 0 aliphatic carbocycles. The second-order valence-electron chi connectivity index (χ2n) is 5.96. The van der Waals surface area contributed by atoms with Crippen LogP contribution in [0.1, 0.15) is 5.56 Å². The zero-order valence-corrected chi connectivity index (χ0v) is 14.5. The number of hydrogen-bond donors (Lipinski definition) is 3. The van der Waals surface area contributed by atoms with Crippen molar-refractivity contribution in [2.75, 3.05) is 33.2 Å². The molecule has 1 aromatic carbocycles. The van der Waals surface area contributed by atoms with Crippen molar-refractivity contribution in [3.8, 4) is 11.6 Å². The summed E-state index contributed by atoms with van der Waals surface area (Å²) in [4.78, 5) is 27.8. The summed E-state index contributed by atoms with van der Waals surface area (Å²) in [5.74, 6) is -0.459. The van der Waals surface area contributed by atoms with E-state index in [1.165, 1.54) is 11.1 Å². The van der Waals surface area contributed by atoms with Crippen molar-refractivity contribution in [3.05, 3.63) is 55.7 Å². The van der Waals surface area contributed by atoms with Crippen molar-refractivity contribution in [3.63, 3.8) is 0 Å². The molecule has 0 amide bonds. The molecule has 1 aliphatic rings. The molecule has 2 aromatic rings. The molecule has 132 valence electrons. The molecule has 9 heteroatoms. The maximum Gasteiger partial charge on any atom is 0.335 e. The minimum absolute atomic E-state index is 0.0687. The van der Waals surface area contributed by atoms with Crippen LogP contribution in [0, 0.1) is 0 Å². The Morgan fingerprint density at radius 1 is 1.24 bits per heavy atom. The molecule has 3 rings (SSSR count). The van der Waals surface area contributed by atoms with Gasteiger partial charge in [-0.15, -0.1) is 0 Å². The predicted octanol–water partition coefficient (Wildman–Crippen LogP) is -0.951. The highest BCUT2D eigenvalue weighted by Gasteiger charge is 2.17. The summed E-state index contributed by atoms with van der Waals surface area (Å²) in [6, 6.07) is 6.33. The lowest BCUT2D eigenvalue weighted by molar-refractivity contribution is -0.884. The van der Waals surface area contributed by atoms with Gasteiger partial charge in [-0.05, 0) is 24.3 Å².